The summed E-state index contributed by atoms with van der Waals surface area (Å²) in [6.45, 7) is 11.2. The summed E-state index contributed by atoms with van der Waals surface area (Å²) in [5, 5.41) is 2.68. The lowest BCUT2D eigenvalue weighted by Gasteiger charge is -2.33. The number of alkyl halides is 4. The van der Waals surface area contributed by atoms with Gasteiger partial charge in [0.2, 0.25) is 5.91 Å². The SMILES string of the molecule is CC(C)(Br)C(=O)OCC(C)(COC(=O)C(C)(C)Br)C(=O)OCC(C)(COC(=O)C(C)(COC(=O)C(C)(C)Br)COC(=O)C(C)(C)Br)C(=O)OCCNC(=O)C1C(C=O)C2OC23C=CC13. The summed E-state index contributed by atoms with van der Waals surface area (Å²) in [5.74, 6) is -8.31. The van der Waals surface area contributed by atoms with Crippen molar-refractivity contribution in [3.63, 3.8) is 0 Å². The molecule has 5 atom stereocenters. The molecule has 2 fully saturated rings. The van der Waals surface area contributed by atoms with Gasteiger partial charge in [-0.1, -0.05) is 75.9 Å². The molecule has 0 aromatic carbocycles. The first-order valence-electron chi connectivity index (χ1n) is 20.1. The Morgan fingerprint density at radius 1 is 0.547 bits per heavy atom. The van der Waals surface area contributed by atoms with Gasteiger partial charge in [0.05, 0.1) is 18.4 Å². The molecule has 1 heterocycles. The molecule has 3 rings (SSSR count). The number of rotatable bonds is 24. The number of halogens is 4. The Hall–Kier alpha value is -2.95. The van der Waals surface area contributed by atoms with E-state index in [4.69, 9.17) is 37.9 Å². The third-order valence-electron chi connectivity index (χ3n) is 10.6. The maximum Gasteiger partial charge on any atom is 0.322 e. The lowest BCUT2D eigenvalue weighted by molar-refractivity contribution is -0.182. The van der Waals surface area contributed by atoms with Crippen LogP contribution in [0.4, 0.5) is 0 Å². The fourth-order valence-corrected chi connectivity index (χ4v) is 6.62. The maximum atomic E-state index is 14.0. The van der Waals surface area contributed by atoms with Crippen LogP contribution in [0, 0.1) is 34.0 Å². The van der Waals surface area contributed by atoms with Crippen LogP contribution in [-0.2, 0) is 81.0 Å². The molecule has 1 saturated carbocycles. The molecule has 22 heteroatoms. The van der Waals surface area contributed by atoms with Gasteiger partial charge in [-0.3, -0.25) is 38.4 Å². The number of ether oxygens (including phenoxy) is 8. The van der Waals surface area contributed by atoms with Gasteiger partial charge in [0.1, 0.15) is 97.8 Å². The Kier molecular flexibility index (Phi) is 17.7. The van der Waals surface area contributed by atoms with Gasteiger partial charge in [0, 0.05) is 5.92 Å². The monoisotopic (exact) mass is 1160 g/mol. The summed E-state index contributed by atoms with van der Waals surface area (Å²) < 4.78 is 39.4. The summed E-state index contributed by atoms with van der Waals surface area (Å²) in [6, 6.07) is 0. The first kappa shape index (κ1) is 55.4. The number of hydrogen-bond acceptors (Lipinski definition) is 17. The molecular formula is C42H57Br4NO17. The molecule has 0 bridgehead atoms. The van der Waals surface area contributed by atoms with E-state index in [0.29, 0.717) is 6.29 Å². The second-order valence-electron chi connectivity index (χ2n) is 19.0. The number of esters is 7. The van der Waals surface area contributed by atoms with Crippen LogP contribution in [0.1, 0.15) is 76.2 Å². The van der Waals surface area contributed by atoms with E-state index in [9.17, 15) is 43.2 Å². The van der Waals surface area contributed by atoms with Crippen LogP contribution in [0.15, 0.2) is 12.2 Å². The topological polar surface area (TPSA) is 243 Å². The first-order chi connectivity index (χ1) is 29.1. The summed E-state index contributed by atoms with van der Waals surface area (Å²) in [5.41, 5.74) is -6.28. The molecule has 0 aromatic heterocycles. The fourth-order valence-electron chi connectivity index (χ4n) is 6.16. The van der Waals surface area contributed by atoms with Gasteiger partial charge < -0.3 is 48.0 Å². The van der Waals surface area contributed by atoms with Crippen LogP contribution in [0.2, 0.25) is 0 Å². The van der Waals surface area contributed by atoms with E-state index in [-0.39, 0.29) is 18.6 Å². The molecule has 1 N–H and O–H groups in total. The van der Waals surface area contributed by atoms with Crippen molar-refractivity contribution in [2.75, 3.05) is 52.8 Å². The van der Waals surface area contributed by atoms with E-state index in [1.807, 2.05) is 12.2 Å². The Morgan fingerprint density at radius 2 is 0.859 bits per heavy atom. The van der Waals surface area contributed by atoms with E-state index in [0.717, 1.165) is 0 Å². The van der Waals surface area contributed by atoms with Crippen LogP contribution in [-0.4, -0.2) is 136 Å². The van der Waals surface area contributed by atoms with Gasteiger partial charge in [0.15, 0.2) is 0 Å². The van der Waals surface area contributed by atoms with Crippen molar-refractivity contribution < 1.29 is 81.0 Å². The second-order valence-corrected chi connectivity index (χ2v) is 26.9. The molecule has 64 heavy (non-hydrogen) atoms. The van der Waals surface area contributed by atoms with Crippen molar-refractivity contribution in [3.8, 4) is 0 Å². The number of epoxide rings is 1. The summed E-state index contributed by atoms with van der Waals surface area (Å²) >= 11 is 12.8. The maximum absolute atomic E-state index is 14.0. The lowest BCUT2D eigenvalue weighted by Crippen LogP contribution is -2.48. The molecular weight excluding hydrogens is 1110 g/mol. The van der Waals surface area contributed by atoms with Crippen molar-refractivity contribution in [2.45, 2.75) is 105 Å². The van der Waals surface area contributed by atoms with Crippen molar-refractivity contribution in [2.24, 2.45) is 34.0 Å². The fraction of sp³-hybridized carbons (Fsp3) is 0.738. The van der Waals surface area contributed by atoms with Crippen molar-refractivity contribution in [3.05, 3.63) is 12.2 Å². The van der Waals surface area contributed by atoms with E-state index >= 15 is 0 Å². The van der Waals surface area contributed by atoms with Gasteiger partial charge in [-0.25, -0.2) is 0 Å². The minimum Gasteiger partial charge on any atom is -0.464 e. The van der Waals surface area contributed by atoms with Gasteiger partial charge in [0.25, 0.3) is 0 Å². The highest BCUT2D eigenvalue weighted by molar-refractivity contribution is 9.10. The molecule has 1 saturated heterocycles. The van der Waals surface area contributed by atoms with Gasteiger partial charge in [-0.05, 0) is 76.2 Å². The molecule has 3 aliphatic rings. The van der Waals surface area contributed by atoms with Crippen LogP contribution in [0.5, 0.6) is 0 Å². The van der Waals surface area contributed by atoms with Gasteiger partial charge >= 0.3 is 41.8 Å². The molecule has 0 aromatic rings. The van der Waals surface area contributed by atoms with E-state index in [1.165, 1.54) is 76.2 Å². The smallest absolute Gasteiger partial charge is 0.322 e. The summed E-state index contributed by atoms with van der Waals surface area (Å²) in [4.78, 5) is 118. The molecule has 2 aliphatic carbocycles. The highest BCUT2D eigenvalue weighted by Gasteiger charge is 2.76. The predicted molar refractivity (Wildman–Crippen MR) is 239 cm³/mol. The zero-order valence-corrected chi connectivity index (χ0v) is 44.0. The zero-order valence-electron chi connectivity index (χ0n) is 37.7. The molecule has 1 aliphatic heterocycles. The van der Waals surface area contributed by atoms with Gasteiger partial charge in [-0.15, -0.1) is 0 Å². The average molecular weight is 1170 g/mol. The van der Waals surface area contributed by atoms with E-state index in [2.05, 4.69) is 69.0 Å². The molecule has 18 nitrogen and oxygen atoms in total. The first-order valence-corrected chi connectivity index (χ1v) is 23.3. The molecule has 1 amide bonds. The highest BCUT2D eigenvalue weighted by Crippen LogP contribution is 2.64. The number of amides is 1. The molecule has 1 spiro atoms. The molecule has 5 unspecified atom stereocenters. The van der Waals surface area contributed by atoms with Crippen molar-refractivity contribution >= 4 is 118 Å². The second kappa shape index (κ2) is 20.5. The minimum absolute atomic E-state index is 0.192. The third kappa shape index (κ3) is 13.6. The van der Waals surface area contributed by atoms with E-state index in [1.54, 1.807) is 0 Å². The third-order valence-corrected chi connectivity index (χ3v) is 11.9. The standard InChI is InChI=1S/C42H57Br4NO17/c1-35(2,43)28(50)58-17-40(10,18-59-29(51)36(3,4)44)33(55)62-21-39(9,32(54)57-15-14-47-27(49)25-23(16-48)26-42(64-26)13-12-24(25)42)22-63-34(56)41(11,19-60-30(52)37(5,6)45)20-61-31(53)38(7,8)46/h12-13,16,23-26H,14-15,17-22H2,1-11H3,(H,47,49). The van der Waals surface area contributed by atoms with Crippen molar-refractivity contribution in [1.82, 2.24) is 5.32 Å². The van der Waals surface area contributed by atoms with Crippen LogP contribution in [0.3, 0.4) is 0 Å². The lowest BCUT2D eigenvalue weighted by atomic mass is 9.77. The predicted octanol–water partition coefficient (Wildman–Crippen LogP) is 4.39. The Labute approximate surface area is 405 Å². The van der Waals surface area contributed by atoms with Crippen LogP contribution < -0.4 is 5.32 Å². The quantitative estimate of drug-likeness (QED) is 0.0268. The number of carbonyl (C=O) groups is 9. The number of nitrogens with one attached hydrogen (secondary N) is 1. The molecule has 360 valence electrons. The summed E-state index contributed by atoms with van der Waals surface area (Å²) in [6.07, 6.45) is 3.97. The minimum atomic E-state index is -2.00. The number of carbonyl (C=O) groups excluding carboxylic acids is 9. The van der Waals surface area contributed by atoms with E-state index < -0.39 is 145 Å². The molecule has 0 radical (unpaired) electrons. The Bertz CT molecular complexity index is 1730. The number of aldehydes is 1. The average Bonchev–Trinajstić information content (AvgIpc) is 3.92. The number of hydrogen-bond donors (Lipinski definition) is 1. The zero-order chi connectivity index (χ0) is 49.1. The largest absolute Gasteiger partial charge is 0.464 e. The van der Waals surface area contributed by atoms with Crippen LogP contribution >= 0.6 is 63.7 Å². The van der Waals surface area contributed by atoms with Crippen molar-refractivity contribution in [1.29, 1.82) is 0 Å². The summed E-state index contributed by atoms with van der Waals surface area (Å²) in [7, 11) is 0. The Balaban J connectivity index is 1.86. The Morgan fingerprint density at radius 3 is 1.14 bits per heavy atom. The van der Waals surface area contributed by atoms with Gasteiger partial charge in [-0.2, -0.15) is 0 Å². The van der Waals surface area contributed by atoms with Crippen LogP contribution in [0.25, 0.3) is 0 Å². The highest BCUT2D eigenvalue weighted by atomic mass is 79.9. The normalized spacial score (nSPS) is 21.7.